The van der Waals surface area contributed by atoms with Gasteiger partial charge < -0.3 is 15.4 Å². The zero-order valence-corrected chi connectivity index (χ0v) is 11.1. The third-order valence-corrected chi connectivity index (χ3v) is 2.69. The Labute approximate surface area is 104 Å². The van der Waals surface area contributed by atoms with Crippen LogP contribution in [0.15, 0.2) is 12.1 Å². The second kappa shape index (κ2) is 7.25. The molecule has 0 aliphatic carbocycles. The normalized spacial score (nSPS) is 10.6. The van der Waals surface area contributed by atoms with Crippen molar-refractivity contribution in [3.63, 3.8) is 0 Å². The molecule has 4 heteroatoms. The van der Waals surface area contributed by atoms with Gasteiger partial charge >= 0.3 is 0 Å². The highest BCUT2D eigenvalue weighted by Crippen LogP contribution is 2.14. The molecule has 0 fully saturated rings. The van der Waals surface area contributed by atoms with Gasteiger partial charge in [0, 0.05) is 32.9 Å². The standard InChI is InChI=1S/C13H23N3O/c1-4-5-12-8-11(10-14)9-13(15-12)16(2)6-7-17-3/h8-9H,4-7,10,14H2,1-3H3. The third-order valence-electron chi connectivity index (χ3n) is 2.69. The zero-order chi connectivity index (χ0) is 12.7. The molecule has 2 N–H and O–H groups in total. The topological polar surface area (TPSA) is 51.4 Å². The summed E-state index contributed by atoms with van der Waals surface area (Å²) in [5.74, 6) is 0.980. The monoisotopic (exact) mass is 237 g/mol. The summed E-state index contributed by atoms with van der Waals surface area (Å²) < 4.78 is 5.07. The van der Waals surface area contributed by atoms with E-state index in [9.17, 15) is 0 Å². The van der Waals surface area contributed by atoms with E-state index < -0.39 is 0 Å². The van der Waals surface area contributed by atoms with Crippen LogP contribution in [0.5, 0.6) is 0 Å². The minimum Gasteiger partial charge on any atom is -0.383 e. The molecule has 1 heterocycles. The van der Waals surface area contributed by atoms with E-state index in [0.29, 0.717) is 13.2 Å². The van der Waals surface area contributed by atoms with Gasteiger partial charge in [0.2, 0.25) is 0 Å². The molecule has 17 heavy (non-hydrogen) atoms. The fraction of sp³-hybridized carbons (Fsp3) is 0.615. The first-order valence-corrected chi connectivity index (χ1v) is 6.11. The smallest absolute Gasteiger partial charge is 0.128 e. The number of nitrogens with zero attached hydrogens (tertiary/aromatic N) is 2. The van der Waals surface area contributed by atoms with E-state index in [0.717, 1.165) is 36.5 Å². The molecule has 1 rings (SSSR count). The van der Waals surface area contributed by atoms with Crippen LogP contribution in [0.3, 0.4) is 0 Å². The Kier molecular flexibility index (Phi) is 5.94. The van der Waals surface area contributed by atoms with Crippen molar-refractivity contribution in [3.8, 4) is 0 Å². The van der Waals surface area contributed by atoms with Gasteiger partial charge in [-0.2, -0.15) is 0 Å². The fourth-order valence-electron chi connectivity index (χ4n) is 1.67. The maximum Gasteiger partial charge on any atom is 0.128 e. The number of ether oxygens (including phenoxy) is 1. The second-order valence-corrected chi connectivity index (χ2v) is 4.19. The van der Waals surface area contributed by atoms with Gasteiger partial charge in [-0.15, -0.1) is 0 Å². The molecule has 0 bridgehead atoms. The quantitative estimate of drug-likeness (QED) is 0.782. The van der Waals surface area contributed by atoms with Crippen molar-refractivity contribution in [2.24, 2.45) is 5.73 Å². The summed E-state index contributed by atoms with van der Waals surface area (Å²) >= 11 is 0. The maximum atomic E-state index is 5.71. The lowest BCUT2D eigenvalue weighted by Crippen LogP contribution is -2.23. The first-order valence-electron chi connectivity index (χ1n) is 6.11. The minimum atomic E-state index is 0.560. The average Bonchev–Trinajstić information content (AvgIpc) is 2.35. The van der Waals surface area contributed by atoms with Crippen LogP contribution < -0.4 is 10.6 Å². The van der Waals surface area contributed by atoms with Gasteiger partial charge in [0.25, 0.3) is 0 Å². The van der Waals surface area contributed by atoms with Gasteiger partial charge in [-0.25, -0.2) is 4.98 Å². The number of pyridine rings is 1. The molecule has 1 aromatic rings. The molecule has 0 spiro atoms. The van der Waals surface area contributed by atoms with Gasteiger partial charge in [0.15, 0.2) is 0 Å². The Hall–Kier alpha value is -1.13. The van der Waals surface area contributed by atoms with E-state index in [1.54, 1.807) is 7.11 Å². The average molecular weight is 237 g/mol. The number of aryl methyl sites for hydroxylation is 1. The lowest BCUT2D eigenvalue weighted by atomic mass is 10.1. The largest absolute Gasteiger partial charge is 0.383 e. The van der Waals surface area contributed by atoms with Crippen molar-refractivity contribution in [3.05, 3.63) is 23.4 Å². The summed E-state index contributed by atoms with van der Waals surface area (Å²) in [5.41, 5.74) is 7.97. The molecule has 0 atom stereocenters. The van der Waals surface area contributed by atoms with Gasteiger partial charge in [-0.1, -0.05) is 13.3 Å². The third kappa shape index (κ3) is 4.32. The van der Waals surface area contributed by atoms with E-state index in [1.807, 2.05) is 7.05 Å². The van der Waals surface area contributed by atoms with E-state index in [1.165, 1.54) is 0 Å². The number of hydrogen-bond donors (Lipinski definition) is 1. The minimum absolute atomic E-state index is 0.560. The van der Waals surface area contributed by atoms with Crippen molar-refractivity contribution in [2.75, 3.05) is 32.2 Å². The molecule has 0 aliphatic heterocycles. The Morgan fingerprint density at radius 2 is 2.18 bits per heavy atom. The Morgan fingerprint density at radius 1 is 1.41 bits per heavy atom. The first kappa shape index (κ1) is 13.9. The maximum absolute atomic E-state index is 5.71. The number of likely N-dealkylation sites (N-methyl/N-ethyl adjacent to an activating group) is 1. The molecule has 0 saturated heterocycles. The summed E-state index contributed by atoms with van der Waals surface area (Å²) in [6.07, 6.45) is 2.10. The van der Waals surface area contributed by atoms with E-state index in [2.05, 4.69) is 28.9 Å². The molecule has 1 aromatic heterocycles. The van der Waals surface area contributed by atoms with E-state index in [4.69, 9.17) is 10.5 Å². The molecule has 4 nitrogen and oxygen atoms in total. The van der Waals surface area contributed by atoms with Crippen LogP contribution in [0.1, 0.15) is 24.6 Å². The molecule has 0 saturated carbocycles. The van der Waals surface area contributed by atoms with Crippen LogP contribution >= 0.6 is 0 Å². The van der Waals surface area contributed by atoms with E-state index in [-0.39, 0.29) is 0 Å². The number of rotatable bonds is 7. The highest BCUT2D eigenvalue weighted by atomic mass is 16.5. The molecule has 96 valence electrons. The SMILES string of the molecule is CCCc1cc(CN)cc(N(C)CCOC)n1. The second-order valence-electron chi connectivity index (χ2n) is 4.19. The zero-order valence-electron chi connectivity index (χ0n) is 11.1. The molecule has 0 amide bonds. The van der Waals surface area contributed by atoms with E-state index >= 15 is 0 Å². The van der Waals surface area contributed by atoms with Crippen LogP contribution in [0.2, 0.25) is 0 Å². The van der Waals surface area contributed by atoms with Crippen molar-refractivity contribution >= 4 is 5.82 Å². The van der Waals surface area contributed by atoms with Gasteiger partial charge in [-0.05, 0) is 24.1 Å². The number of anilines is 1. The van der Waals surface area contributed by atoms with Crippen LogP contribution in [0.25, 0.3) is 0 Å². The van der Waals surface area contributed by atoms with Crippen LogP contribution in [-0.2, 0) is 17.7 Å². The van der Waals surface area contributed by atoms with Crippen molar-refractivity contribution in [1.29, 1.82) is 0 Å². The summed E-state index contributed by atoms with van der Waals surface area (Å²) in [5, 5.41) is 0. The van der Waals surface area contributed by atoms with Gasteiger partial charge in [0.1, 0.15) is 5.82 Å². The number of nitrogens with two attached hydrogens (primary N) is 1. The van der Waals surface area contributed by atoms with Gasteiger partial charge in [0.05, 0.1) is 6.61 Å². The molecule has 0 radical (unpaired) electrons. The number of methoxy groups -OCH3 is 1. The Morgan fingerprint density at radius 3 is 2.76 bits per heavy atom. The summed E-state index contributed by atoms with van der Waals surface area (Å²) in [6, 6.07) is 4.14. The van der Waals surface area contributed by atoms with Crippen LogP contribution in [0.4, 0.5) is 5.82 Å². The highest BCUT2D eigenvalue weighted by molar-refractivity contribution is 5.42. The lowest BCUT2D eigenvalue weighted by Gasteiger charge is -2.19. The molecule has 0 aromatic carbocycles. The van der Waals surface area contributed by atoms with Crippen molar-refractivity contribution in [2.45, 2.75) is 26.3 Å². The molecular weight excluding hydrogens is 214 g/mol. The summed E-state index contributed by atoms with van der Waals surface area (Å²) in [4.78, 5) is 6.74. The lowest BCUT2D eigenvalue weighted by molar-refractivity contribution is 0.206. The Balaban J connectivity index is 2.85. The van der Waals surface area contributed by atoms with Crippen molar-refractivity contribution < 1.29 is 4.74 Å². The van der Waals surface area contributed by atoms with Crippen molar-refractivity contribution in [1.82, 2.24) is 4.98 Å². The van der Waals surface area contributed by atoms with Crippen LogP contribution in [0, 0.1) is 0 Å². The van der Waals surface area contributed by atoms with Crippen LogP contribution in [-0.4, -0.2) is 32.3 Å². The summed E-state index contributed by atoms with van der Waals surface area (Å²) in [7, 11) is 3.73. The molecular formula is C13H23N3O. The number of aromatic nitrogens is 1. The highest BCUT2D eigenvalue weighted by Gasteiger charge is 2.06. The molecule has 0 aliphatic rings. The Bertz CT molecular complexity index is 341. The fourth-order valence-corrected chi connectivity index (χ4v) is 1.67. The first-order chi connectivity index (χ1) is 8.21. The van der Waals surface area contributed by atoms with Gasteiger partial charge in [-0.3, -0.25) is 0 Å². The predicted octanol–water partition coefficient (Wildman–Crippen LogP) is 1.58. The predicted molar refractivity (Wildman–Crippen MR) is 71.3 cm³/mol. The summed E-state index contributed by atoms with van der Waals surface area (Å²) in [6.45, 7) is 4.26. The molecule has 0 unspecified atom stereocenters. The number of hydrogen-bond acceptors (Lipinski definition) is 4.